The predicted molar refractivity (Wildman–Crippen MR) is 88.7 cm³/mol. The third kappa shape index (κ3) is 2.78. The maximum atomic E-state index is 12.2. The van der Waals surface area contributed by atoms with Crippen molar-refractivity contribution in [1.29, 1.82) is 0 Å². The first-order valence-corrected chi connectivity index (χ1v) is 7.50. The number of anilines is 1. The Balaban J connectivity index is 1.97. The number of hydrogen-bond donors (Lipinski definition) is 2. The van der Waals surface area contributed by atoms with E-state index in [1.54, 1.807) is 6.07 Å². The zero-order chi connectivity index (χ0) is 15.5. The minimum atomic E-state index is -0.382. The highest BCUT2D eigenvalue weighted by Crippen LogP contribution is 2.33. The van der Waals surface area contributed by atoms with Gasteiger partial charge in [0.15, 0.2) is 0 Å². The van der Waals surface area contributed by atoms with Gasteiger partial charge in [-0.25, -0.2) is 0 Å². The third-order valence-electron chi connectivity index (χ3n) is 3.34. The zero-order valence-corrected chi connectivity index (χ0v) is 13.2. The molecule has 0 saturated carbocycles. The number of benzene rings is 2. The number of amides is 1. The molecule has 0 unspecified atom stereocenters. The second-order valence-corrected chi connectivity index (χ2v) is 5.69. The van der Waals surface area contributed by atoms with Gasteiger partial charge in [0.1, 0.15) is 18.5 Å². The quantitative estimate of drug-likeness (QED) is 0.829. The van der Waals surface area contributed by atoms with Crippen molar-refractivity contribution >= 4 is 27.5 Å². The highest BCUT2D eigenvalue weighted by Gasteiger charge is 2.26. The van der Waals surface area contributed by atoms with Gasteiger partial charge in [-0.15, -0.1) is 6.42 Å². The van der Waals surface area contributed by atoms with E-state index in [-0.39, 0.29) is 18.7 Å². The van der Waals surface area contributed by atoms with Crippen LogP contribution in [0.15, 0.2) is 46.9 Å². The van der Waals surface area contributed by atoms with Gasteiger partial charge in [-0.3, -0.25) is 4.79 Å². The van der Waals surface area contributed by atoms with Crippen LogP contribution in [-0.4, -0.2) is 12.5 Å². The Morgan fingerprint density at radius 3 is 2.86 bits per heavy atom. The summed E-state index contributed by atoms with van der Waals surface area (Å²) in [6, 6.07) is 13.0. The van der Waals surface area contributed by atoms with Crippen molar-refractivity contribution in [3.63, 3.8) is 0 Å². The highest BCUT2D eigenvalue weighted by molar-refractivity contribution is 9.10. The van der Waals surface area contributed by atoms with Crippen molar-refractivity contribution in [2.24, 2.45) is 0 Å². The molecule has 0 spiro atoms. The summed E-state index contributed by atoms with van der Waals surface area (Å²) >= 11 is 3.44. The van der Waals surface area contributed by atoms with Crippen LogP contribution >= 0.6 is 15.9 Å². The van der Waals surface area contributed by atoms with Gasteiger partial charge in [-0.2, -0.15) is 0 Å². The molecule has 1 heterocycles. The molecule has 0 fully saturated rings. The van der Waals surface area contributed by atoms with Crippen LogP contribution in [0.3, 0.4) is 0 Å². The van der Waals surface area contributed by atoms with Gasteiger partial charge in [0.05, 0.1) is 5.56 Å². The Hall–Kier alpha value is -2.45. The first kappa shape index (κ1) is 14.5. The molecule has 3 rings (SSSR count). The molecule has 22 heavy (non-hydrogen) atoms. The zero-order valence-electron chi connectivity index (χ0n) is 11.6. The molecule has 0 aromatic heterocycles. The number of hydrogen-bond acceptors (Lipinski definition) is 3. The second-order valence-electron chi connectivity index (χ2n) is 4.77. The predicted octanol–water partition coefficient (Wildman–Crippen LogP) is 3.32. The standard InChI is InChI=1S/C17H13BrN2O2/c1-2-9-22-15-8-7-11(18)10-13(15)16-19-14-6-4-3-5-12(14)17(21)20-16/h1,3-8,10,16,19H,9H2,(H,20,21)/t16-/m0/s1. The number of para-hydroxylation sites is 1. The molecule has 110 valence electrons. The largest absolute Gasteiger partial charge is 0.481 e. The van der Waals surface area contributed by atoms with E-state index in [4.69, 9.17) is 11.2 Å². The summed E-state index contributed by atoms with van der Waals surface area (Å²) in [5.41, 5.74) is 2.23. The number of fused-ring (bicyclic) bond motifs is 1. The summed E-state index contributed by atoms with van der Waals surface area (Å²) in [5.74, 6) is 2.96. The molecule has 0 saturated heterocycles. The molecule has 1 aliphatic rings. The monoisotopic (exact) mass is 356 g/mol. The summed E-state index contributed by atoms with van der Waals surface area (Å²) in [7, 11) is 0. The molecular weight excluding hydrogens is 344 g/mol. The molecule has 2 aromatic carbocycles. The highest BCUT2D eigenvalue weighted by atomic mass is 79.9. The number of carbonyl (C=O) groups excluding carboxylic acids is 1. The summed E-state index contributed by atoms with van der Waals surface area (Å²) in [4.78, 5) is 12.2. The third-order valence-corrected chi connectivity index (χ3v) is 3.83. The normalized spacial score (nSPS) is 16.0. The molecular formula is C17H13BrN2O2. The van der Waals surface area contributed by atoms with Gasteiger partial charge < -0.3 is 15.4 Å². The van der Waals surface area contributed by atoms with E-state index >= 15 is 0 Å². The molecule has 4 nitrogen and oxygen atoms in total. The van der Waals surface area contributed by atoms with E-state index < -0.39 is 0 Å². The van der Waals surface area contributed by atoms with Crippen molar-refractivity contribution in [1.82, 2.24) is 5.32 Å². The fourth-order valence-corrected chi connectivity index (χ4v) is 2.74. The van der Waals surface area contributed by atoms with Crippen molar-refractivity contribution in [2.75, 3.05) is 11.9 Å². The Morgan fingerprint density at radius 1 is 1.23 bits per heavy atom. The molecule has 1 aliphatic heterocycles. The van der Waals surface area contributed by atoms with Gasteiger partial charge in [-0.1, -0.05) is 34.0 Å². The fraction of sp³-hybridized carbons (Fsp3) is 0.118. The van der Waals surface area contributed by atoms with E-state index in [1.165, 1.54) is 0 Å². The summed E-state index contributed by atoms with van der Waals surface area (Å²) in [5, 5.41) is 6.23. The van der Waals surface area contributed by atoms with Gasteiger partial charge >= 0.3 is 0 Å². The van der Waals surface area contributed by atoms with Gasteiger partial charge in [0, 0.05) is 15.7 Å². The SMILES string of the molecule is C#CCOc1ccc(Br)cc1[C@@H]1NC(=O)c2ccccc2N1. The summed E-state index contributed by atoms with van der Waals surface area (Å²) in [6.45, 7) is 0.173. The first-order valence-electron chi connectivity index (χ1n) is 6.71. The van der Waals surface area contributed by atoms with Crippen molar-refractivity contribution < 1.29 is 9.53 Å². The van der Waals surface area contributed by atoms with Crippen LogP contribution in [0.5, 0.6) is 5.75 Å². The first-order chi connectivity index (χ1) is 10.7. The molecule has 2 aromatic rings. The lowest BCUT2D eigenvalue weighted by Gasteiger charge is -2.29. The number of halogens is 1. The molecule has 0 aliphatic carbocycles. The van der Waals surface area contributed by atoms with Crippen LogP contribution in [-0.2, 0) is 0 Å². The Labute approximate surface area is 137 Å². The summed E-state index contributed by atoms with van der Waals surface area (Å²) in [6.07, 6.45) is 4.87. The maximum Gasteiger partial charge on any atom is 0.255 e. The number of ether oxygens (including phenoxy) is 1. The van der Waals surface area contributed by atoms with E-state index in [2.05, 4.69) is 32.5 Å². The molecule has 0 radical (unpaired) electrons. The fourth-order valence-electron chi connectivity index (χ4n) is 2.36. The van der Waals surface area contributed by atoms with Crippen LogP contribution in [0.25, 0.3) is 0 Å². The van der Waals surface area contributed by atoms with E-state index in [9.17, 15) is 4.79 Å². The van der Waals surface area contributed by atoms with E-state index in [0.717, 1.165) is 15.7 Å². The van der Waals surface area contributed by atoms with Crippen LogP contribution < -0.4 is 15.4 Å². The molecule has 1 amide bonds. The molecule has 1 atom stereocenters. The van der Waals surface area contributed by atoms with Crippen molar-refractivity contribution in [3.8, 4) is 18.1 Å². The Morgan fingerprint density at radius 2 is 2.05 bits per heavy atom. The van der Waals surface area contributed by atoms with Crippen LogP contribution in [0.2, 0.25) is 0 Å². The van der Waals surface area contributed by atoms with Crippen LogP contribution in [0.4, 0.5) is 5.69 Å². The molecule has 2 N–H and O–H groups in total. The maximum absolute atomic E-state index is 12.2. The average molecular weight is 357 g/mol. The lowest BCUT2D eigenvalue weighted by atomic mass is 10.1. The number of rotatable bonds is 3. The lowest BCUT2D eigenvalue weighted by Crippen LogP contribution is -2.38. The van der Waals surface area contributed by atoms with Crippen molar-refractivity contribution in [3.05, 3.63) is 58.1 Å². The van der Waals surface area contributed by atoms with E-state index in [0.29, 0.717) is 11.3 Å². The van der Waals surface area contributed by atoms with Gasteiger partial charge in [0.25, 0.3) is 5.91 Å². The smallest absolute Gasteiger partial charge is 0.255 e. The topological polar surface area (TPSA) is 50.4 Å². The number of nitrogens with one attached hydrogen (secondary N) is 2. The van der Waals surface area contributed by atoms with Gasteiger partial charge in [-0.05, 0) is 30.3 Å². The van der Waals surface area contributed by atoms with Crippen molar-refractivity contribution in [2.45, 2.75) is 6.17 Å². The average Bonchev–Trinajstić information content (AvgIpc) is 2.53. The molecule has 0 bridgehead atoms. The van der Waals surface area contributed by atoms with Gasteiger partial charge in [0.2, 0.25) is 0 Å². The minimum Gasteiger partial charge on any atom is -0.481 e. The molecule has 5 heteroatoms. The Bertz CT molecular complexity index is 767. The van der Waals surface area contributed by atoms with Crippen LogP contribution in [0.1, 0.15) is 22.1 Å². The lowest BCUT2D eigenvalue weighted by molar-refractivity contribution is 0.0935. The minimum absolute atomic E-state index is 0.123. The van der Waals surface area contributed by atoms with Crippen LogP contribution in [0, 0.1) is 12.3 Å². The number of terminal acetylenes is 1. The van der Waals surface area contributed by atoms with E-state index in [1.807, 2.05) is 36.4 Å². The second kappa shape index (κ2) is 6.12. The number of carbonyl (C=O) groups is 1. The Kier molecular flexibility index (Phi) is 4.03. The summed E-state index contributed by atoms with van der Waals surface area (Å²) < 4.78 is 6.46.